The van der Waals surface area contributed by atoms with Gasteiger partial charge in [0.05, 0.1) is 28.1 Å². The van der Waals surface area contributed by atoms with E-state index in [1.54, 1.807) is 11.3 Å². The van der Waals surface area contributed by atoms with Gasteiger partial charge >= 0.3 is 0 Å². The van der Waals surface area contributed by atoms with E-state index in [1.807, 2.05) is 60.1 Å². The van der Waals surface area contributed by atoms with Gasteiger partial charge in [0, 0.05) is 11.8 Å². The quantitative estimate of drug-likeness (QED) is 0.354. The topological polar surface area (TPSA) is 39.9 Å². The molecule has 3 aromatic carbocycles. The molecule has 0 unspecified atom stereocenters. The average Bonchev–Trinajstić information content (AvgIpc) is 3.40. The van der Waals surface area contributed by atoms with Gasteiger partial charge in [-0.25, -0.2) is 9.67 Å². The van der Waals surface area contributed by atoms with Crippen LogP contribution in [0.2, 0.25) is 0 Å². The number of hydrogen-bond donors (Lipinski definition) is 0. The Labute approximate surface area is 173 Å². The van der Waals surface area contributed by atoms with Crippen molar-refractivity contribution in [1.29, 1.82) is 0 Å². The molecule has 5 rings (SSSR count). The minimum atomic E-state index is 0.652. The average molecular weight is 398 g/mol. The Bertz CT molecular complexity index is 1220. The number of para-hydroxylation sites is 2. The summed E-state index contributed by atoms with van der Waals surface area (Å²) in [5, 5.41) is 5.89. The summed E-state index contributed by atoms with van der Waals surface area (Å²) in [5.41, 5.74) is 5.01. The molecule has 29 heavy (non-hydrogen) atoms. The van der Waals surface area contributed by atoms with Crippen molar-refractivity contribution in [3.05, 3.63) is 85.1 Å². The summed E-state index contributed by atoms with van der Waals surface area (Å²) in [6.07, 6.45) is 2.07. The first-order valence-corrected chi connectivity index (χ1v) is 10.4. The molecule has 0 radical (unpaired) electrons. The first-order valence-electron chi connectivity index (χ1n) is 9.56. The predicted octanol–water partition coefficient (Wildman–Crippen LogP) is 6.21. The number of benzene rings is 3. The number of hydrogen-bond acceptors (Lipinski definition) is 4. The van der Waals surface area contributed by atoms with Gasteiger partial charge in [-0.1, -0.05) is 30.3 Å². The molecule has 0 saturated heterocycles. The first kappa shape index (κ1) is 17.6. The van der Waals surface area contributed by atoms with Gasteiger partial charge in [-0.15, -0.1) is 11.3 Å². The number of thiazole rings is 1. The number of aromatic nitrogens is 3. The van der Waals surface area contributed by atoms with E-state index >= 15 is 0 Å². The summed E-state index contributed by atoms with van der Waals surface area (Å²) in [4.78, 5) is 4.86. The fraction of sp³-hybridized carbons (Fsp3) is 0.0833. The van der Waals surface area contributed by atoms with E-state index in [0.29, 0.717) is 6.61 Å². The highest BCUT2D eigenvalue weighted by Crippen LogP contribution is 2.37. The van der Waals surface area contributed by atoms with Crippen LogP contribution in [0.4, 0.5) is 0 Å². The van der Waals surface area contributed by atoms with E-state index < -0.39 is 0 Å². The third-order valence-corrected chi connectivity index (χ3v) is 5.77. The minimum Gasteiger partial charge on any atom is -0.494 e. The molecule has 0 atom stereocenters. The fourth-order valence-electron chi connectivity index (χ4n) is 3.32. The Morgan fingerprint density at radius 1 is 0.897 bits per heavy atom. The Morgan fingerprint density at radius 3 is 2.41 bits per heavy atom. The molecule has 0 aliphatic rings. The van der Waals surface area contributed by atoms with Crippen LogP contribution < -0.4 is 4.74 Å². The Kier molecular flexibility index (Phi) is 4.58. The highest BCUT2D eigenvalue weighted by atomic mass is 32.1. The number of fused-ring (bicyclic) bond motifs is 1. The predicted molar refractivity (Wildman–Crippen MR) is 119 cm³/mol. The molecular weight excluding hydrogens is 378 g/mol. The number of rotatable bonds is 5. The third-order valence-electron chi connectivity index (χ3n) is 4.70. The van der Waals surface area contributed by atoms with Crippen molar-refractivity contribution in [1.82, 2.24) is 14.8 Å². The molecule has 2 aromatic heterocycles. The van der Waals surface area contributed by atoms with Crippen LogP contribution in [0.25, 0.3) is 37.7 Å². The second-order valence-electron chi connectivity index (χ2n) is 6.62. The summed E-state index contributed by atoms with van der Waals surface area (Å²) in [6, 6.07) is 26.5. The van der Waals surface area contributed by atoms with Crippen LogP contribution in [-0.2, 0) is 0 Å². The van der Waals surface area contributed by atoms with Crippen LogP contribution in [0, 0.1) is 0 Å². The third kappa shape index (κ3) is 3.41. The van der Waals surface area contributed by atoms with Crippen molar-refractivity contribution in [2.45, 2.75) is 6.92 Å². The summed E-state index contributed by atoms with van der Waals surface area (Å²) in [6.45, 7) is 2.64. The maximum atomic E-state index is 5.59. The van der Waals surface area contributed by atoms with Crippen molar-refractivity contribution < 1.29 is 4.74 Å². The highest BCUT2D eigenvalue weighted by molar-refractivity contribution is 7.21. The van der Waals surface area contributed by atoms with Crippen LogP contribution >= 0.6 is 11.3 Å². The van der Waals surface area contributed by atoms with E-state index in [1.165, 1.54) is 4.70 Å². The minimum absolute atomic E-state index is 0.652. The summed E-state index contributed by atoms with van der Waals surface area (Å²) >= 11 is 1.69. The van der Waals surface area contributed by atoms with Gasteiger partial charge < -0.3 is 4.74 Å². The van der Waals surface area contributed by atoms with Gasteiger partial charge in [0.15, 0.2) is 0 Å². The zero-order chi connectivity index (χ0) is 19.6. The van der Waals surface area contributed by atoms with Gasteiger partial charge in [-0.2, -0.15) is 5.10 Å². The molecule has 2 heterocycles. The van der Waals surface area contributed by atoms with Crippen molar-refractivity contribution in [3.63, 3.8) is 0 Å². The zero-order valence-corrected chi connectivity index (χ0v) is 16.8. The normalized spacial score (nSPS) is 11.1. The summed E-state index contributed by atoms with van der Waals surface area (Å²) < 4.78 is 8.69. The van der Waals surface area contributed by atoms with Crippen molar-refractivity contribution in [3.8, 4) is 33.3 Å². The van der Waals surface area contributed by atoms with E-state index in [9.17, 15) is 0 Å². The van der Waals surface area contributed by atoms with Crippen LogP contribution in [0.1, 0.15) is 6.92 Å². The maximum Gasteiger partial charge on any atom is 0.128 e. The molecule has 0 fully saturated rings. The number of nitrogens with zero attached hydrogens (tertiary/aromatic N) is 3. The van der Waals surface area contributed by atoms with Gasteiger partial charge in [0.2, 0.25) is 0 Å². The van der Waals surface area contributed by atoms with E-state index in [4.69, 9.17) is 14.8 Å². The van der Waals surface area contributed by atoms with E-state index in [0.717, 1.165) is 38.8 Å². The highest BCUT2D eigenvalue weighted by Gasteiger charge is 2.17. The molecule has 0 spiro atoms. The summed E-state index contributed by atoms with van der Waals surface area (Å²) in [7, 11) is 0. The lowest BCUT2D eigenvalue weighted by Gasteiger charge is -2.04. The van der Waals surface area contributed by atoms with Gasteiger partial charge in [-0.3, -0.25) is 0 Å². The zero-order valence-electron chi connectivity index (χ0n) is 15.9. The SMILES string of the molecule is CCOc1ccc(-c2nn(-c3ccccc3)cc2-c2nc3ccccc3s2)cc1. The monoisotopic (exact) mass is 397 g/mol. The molecule has 4 nitrogen and oxygen atoms in total. The van der Waals surface area contributed by atoms with Gasteiger partial charge in [0.1, 0.15) is 16.5 Å². The second kappa shape index (κ2) is 7.53. The van der Waals surface area contributed by atoms with E-state index in [-0.39, 0.29) is 0 Å². The first-order chi connectivity index (χ1) is 14.3. The van der Waals surface area contributed by atoms with Gasteiger partial charge in [0.25, 0.3) is 0 Å². The van der Waals surface area contributed by atoms with Crippen molar-refractivity contribution in [2.24, 2.45) is 0 Å². The van der Waals surface area contributed by atoms with Crippen molar-refractivity contribution in [2.75, 3.05) is 6.61 Å². The molecule has 0 N–H and O–H groups in total. The molecule has 142 valence electrons. The molecule has 0 bridgehead atoms. The maximum absolute atomic E-state index is 5.59. The lowest BCUT2D eigenvalue weighted by molar-refractivity contribution is 0.340. The number of ether oxygens (including phenoxy) is 1. The molecular formula is C24H19N3OS. The lowest BCUT2D eigenvalue weighted by Crippen LogP contribution is -1.94. The smallest absolute Gasteiger partial charge is 0.128 e. The standard InChI is InChI=1S/C24H19N3OS/c1-2-28-19-14-12-17(13-15-19)23-20(16-27(26-23)18-8-4-3-5-9-18)24-25-21-10-6-7-11-22(21)29-24/h3-16H,2H2,1H3. The second-order valence-corrected chi connectivity index (χ2v) is 7.65. The van der Waals surface area contributed by atoms with Crippen LogP contribution in [0.3, 0.4) is 0 Å². The Morgan fingerprint density at radius 2 is 1.66 bits per heavy atom. The molecule has 5 aromatic rings. The molecule has 0 saturated carbocycles. The summed E-state index contributed by atoms with van der Waals surface area (Å²) in [5.74, 6) is 0.861. The Balaban J connectivity index is 1.66. The lowest BCUT2D eigenvalue weighted by atomic mass is 10.1. The molecule has 0 amide bonds. The van der Waals surface area contributed by atoms with E-state index in [2.05, 4.69) is 36.5 Å². The Hall–Kier alpha value is -3.44. The fourth-order valence-corrected chi connectivity index (χ4v) is 4.30. The molecule has 5 heteroatoms. The molecule has 0 aliphatic carbocycles. The van der Waals surface area contributed by atoms with Crippen LogP contribution in [0.5, 0.6) is 5.75 Å². The van der Waals surface area contributed by atoms with Crippen LogP contribution in [0.15, 0.2) is 85.1 Å². The van der Waals surface area contributed by atoms with Gasteiger partial charge in [-0.05, 0) is 55.5 Å². The molecule has 0 aliphatic heterocycles. The largest absolute Gasteiger partial charge is 0.494 e. The van der Waals surface area contributed by atoms with Crippen LogP contribution in [-0.4, -0.2) is 21.4 Å². The van der Waals surface area contributed by atoms with Crippen molar-refractivity contribution >= 4 is 21.6 Å².